The van der Waals surface area contributed by atoms with Crippen LogP contribution in [0.3, 0.4) is 0 Å². The molecule has 0 aliphatic heterocycles. The second-order valence-electron chi connectivity index (χ2n) is 2.36. The summed E-state index contributed by atoms with van der Waals surface area (Å²) < 4.78 is 0. The number of hydrogen-bond donors (Lipinski definition) is 2. The van der Waals surface area contributed by atoms with Crippen LogP contribution in [0.1, 0.15) is 25.7 Å². The van der Waals surface area contributed by atoms with Gasteiger partial charge in [-0.25, -0.2) is 0 Å². The molecule has 0 unspecified atom stereocenters. The van der Waals surface area contributed by atoms with Gasteiger partial charge in [0, 0.05) is 13.0 Å². The Morgan fingerprint density at radius 3 is 2.73 bits per heavy atom. The van der Waals surface area contributed by atoms with Gasteiger partial charge in [0.05, 0.1) is 0 Å². The summed E-state index contributed by atoms with van der Waals surface area (Å²) in [5, 5.41) is 11.2. The van der Waals surface area contributed by atoms with Crippen LogP contribution in [0.5, 0.6) is 0 Å². The van der Waals surface area contributed by atoms with Gasteiger partial charge in [-0.1, -0.05) is 13.0 Å². The van der Waals surface area contributed by atoms with Gasteiger partial charge in [0.1, 0.15) is 0 Å². The van der Waals surface area contributed by atoms with E-state index >= 15 is 0 Å². The third kappa shape index (κ3) is 9.01. The molecule has 0 fully saturated rings. The van der Waals surface area contributed by atoms with E-state index in [1.807, 2.05) is 0 Å². The molecule has 64 valence electrons. The Morgan fingerprint density at radius 1 is 1.45 bits per heavy atom. The lowest BCUT2D eigenvalue weighted by Gasteiger charge is -1.98. The Labute approximate surface area is 67.1 Å². The number of nitrogens with one attached hydrogen (secondary N) is 1. The Balaban J connectivity index is 2.90. The summed E-state index contributed by atoms with van der Waals surface area (Å²) in [4.78, 5) is 10.1. The van der Waals surface area contributed by atoms with Crippen LogP contribution in [-0.4, -0.2) is 17.6 Å². The molecule has 0 bridgehead atoms. The SMILES string of the molecule is C=CNCCCCCC(=O)O. The molecule has 0 rings (SSSR count). The van der Waals surface area contributed by atoms with Crippen molar-refractivity contribution in [2.45, 2.75) is 25.7 Å². The van der Waals surface area contributed by atoms with E-state index in [1.54, 1.807) is 6.20 Å². The van der Waals surface area contributed by atoms with E-state index in [2.05, 4.69) is 11.9 Å². The van der Waals surface area contributed by atoms with Crippen LogP contribution in [-0.2, 0) is 4.79 Å². The first kappa shape index (κ1) is 10.0. The molecule has 0 heterocycles. The van der Waals surface area contributed by atoms with Crippen LogP contribution in [0.15, 0.2) is 12.8 Å². The summed E-state index contributed by atoms with van der Waals surface area (Å²) in [6.45, 7) is 4.39. The first-order valence-electron chi connectivity index (χ1n) is 3.83. The molecule has 3 heteroatoms. The van der Waals surface area contributed by atoms with Crippen molar-refractivity contribution >= 4 is 5.97 Å². The highest BCUT2D eigenvalue weighted by Crippen LogP contribution is 1.98. The van der Waals surface area contributed by atoms with E-state index < -0.39 is 5.97 Å². The van der Waals surface area contributed by atoms with Crippen molar-refractivity contribution in [2.75, 3.05) is 6.54 Å². The highest BCUT2D eigenvalue weighted by Gasteiger charge is 1.94. The van der Waals surface area contributed by atoms with Gasteiger partial charge in [0.2, 0.25) is 0 Å². The third-order valence-corrected chi connectivity index (χ3v) is 1.36. The largest absolute Gasteiger partial charge is 0.481 e. The number of unbranched alkanes of at least 4 members (excludes halogenated alkanes) is 2. The molecule has 0 radical (unpaired) electrons. The van der Waals surface area contributed by atoms with Crippen molar-refractivity contribution < 1.29 is 9.90 Å². The van der Waals surface area contributed by atoms with Gasteiger partial charge in [-0.05, 0) is 19.0 Å². The van der Waals surface area contributed by atoms with E-state index in [-0.39, 0.29) is 6.42 Å². The smallest absolute Gasteiger partial charge is 0.303 e. The Kier molecular flexibility index (Phi) is 6.48. The van der Waals surface area contributed by atoms with Crippen molar-refractivity contribution in [3.8, 4) is 0 Å². The zero-order chi connectivity index (χ0) is 8.53. The summed E-state index contributed by atoms with van der Waals surface area (Å²) in [6.07, 6.45) is 4.69. The number of carboxylic acids is 1. The van der Waals surface area contributed by atoms with Crippen LogP contribution in [0, 0.1) is 0 Å². The summed E-state index contributed by atoms with van der Waals surface area (Å²) in [5.74, 6) is -0.707. The van der Waals surface area contributed by atoms with Gasteiger partial charge in [0.25, 0.3) is 0 Å². The van der Waals surface area contributed by atoms with Crippen molar-refractivity contribution in [1.29, 1.82) is 0 Å². The van der Waals surface area contributed by atoms with Crippen LogP contribution < -0.4 is 5.32 Å². The van der Waals surface area contributed by atoms with Crippen molar-refractivity contribution in [1.82, 2.24) is 5.32 Å². The summed E-state index contributed by atoms with van der Waals surface area (Å²) >= 11 is 0. The molecule has 0 spiro atoms. The molecule has 0 amide bonds. The number of rotatable bonds is 7. The Hall–Kier alpha value is -0.990. The second kappa shape index (κ2) is 7.12. The van der Waals surface area contributed by atoms with Crippen LogP contribution in [0.25, 0.3) is 0 Å². The van der Waals surface area contributed by atoms with E-state index in [9.17, 15) is 4.79 Å². The lowest BCUT2D eigenvalue weighted by atomic mass is 10.2. The first-order valence-corrected chi connectivity index (χ1v) is 3.83. The zero-order valence-corrected chi connectivity index (χ0v) is 6.68. The number of carbonyl (C=O) groups is 1. The van der Waals surface area contributed by atoms with E-state index in [4.69, 9.17) is 5.11 Å². The highest BCUT2D eigenvalue weighted by molar-refractivity contribution is 5.66. The van der Waals surface area contributed by atoms with Gasteiger partial charge in [-0.3, -0.25) is 4.79 Å². The van der Waals surface area contributed by atoms with Crippen LogP contribution >= 0.6 is 0 Å². The lowest BCUT2D eigenvalue weighted by Crippen LogP contribution is -2.05. The van der Waals surface area contributed by atoms with E-state index in [0.717, 1.165) is 25.8 Å². The molecule has 2 N–H and O–H groups in total. The molecule has 11 heavy (non-hydrogen) atoms. The molecule has 0 aliphatic rings. The van der Waals surface area contributed by atoms with Gasteiger partial charge in [-0.2, -0.15) is 0 Å². The zero-order valence-electron chi connectivity index (χ0n) is 6.68. The molecule has 3 nitrogen and oxygen atoms in total. The fourth-order valence-electron chi connectivity index (χ4n) is 0.782. The molecular formula is C8H15NO2. The summed E-state index contributed by atoms with van der Waals surface area (Å²) in [7, 11) is 0. The maximum Gasteiger partial charge on any atom is 0.303 e. The number of aliphatic carboxylic acids is 1. The van der Waals surface area contributed by atoms with Crippen molar-refractivity contribution in [3.05, 3.63) is 12.8 Å². The molecule has 0 saturated heterocycles. The minimum Gasteiger partial charge on any atom is -0.481 e. The standard InChI is InChI=1S/C8H15NO2/c1-2-9-7-5-3-4-6-8(10)11/h2,9H,1,3-7H2,(H,10,11). The molecule has 0 aromatic carbocycles. The van der Waals surface area contributed by atoms with Gasteiger partial charge >= 0.3 is 5.97 Å². The van der Waals surface area contributed by atoms with Gasteiger partial charge < -0.3 is 10.4 Å². The molecular weight excluding hydrogens is 142 g/mol. The lowest BCUT2D eigenvalue weighted by molar-refractivity contribution is -0.137. The minimum atomic E-state index is -0.707. The summed E-state index contributed by atoms with van der Waals surface area (Å²) in [5.41, 5.74) is 0. The topological polar surface area (TPSA) is 49.3 Å². The van der Waals surface area contributed by atoms with E-state index in [1.165, 1.54) is 0 Å². The highest BCUT2D eigenvalue weighted by atomic mass is 16.4. The quantitative estimate of drug-likeness (QED) is 0.549. The Morgan fingerprint density at radius 2 is 2.18 bits per heavy atom. The maximum absolute atomic E-state index is 10.1. The van der Waals surface area contributed by atoms with Crippen LogP contribution in [0.2, 0.25) is 0 Å². The fraction of sp³-hybridized carbons (Fsp3) is 0.625. The second-order valence-corrected chi connectivity index (χ2v) is 2.36. The monoisotopic (exact) mass is 157 g/mol. The maximum atomic E-state index is 10.1. The molecule has 0 aromatic heterocycles. The first-order chi connectivity index (χ1) is 5.27. The molecule has 0 saturated carbocycles. The third-order valence-electron chi connectivity index (χ3n) is 1.36. The molecule has 0 aromatic rings. The molecule has 0 atom stereocenters. The van der Waals surface area contributed by atoms with Gasteiger partial charge in [0.15, 0.2) is 0 Å². The average molecular weight is 157 g/mol. The number of hydrogen-bond acceptors (Lipinski definition) is 2. The predicted molar refractivity (Wildman–Crippen MR) is 44.3 cm³/mol. The minimum absolute atomic E-state index is 0.286. The molecule has 0 aliphatic carbocycles. The number of carboxylic acid groups (broad SMARTS) is 1. The average Bonchev–Trinajstić information content (AvgIpc) is 1.96. The van der Waals surface area contributed by atoms with Crippen molar-refractivity contribution in [3.63, 3.8) is 0 Å². The van der Waals surface area contributed by atoms with Crippen LogP contribution in [0.4, 0.5) is 0 Å². The fourth-order valence-corrected chi connectivity index (χ4v) is 0.782. The summed E-state index contributed by atoms with van der Waals surface area (Å²) in [6, 6.07) is 0. The normalized spacial score (nSPS) is 9.09. The van der Waals surface area contributed by atoms with Gasteiger partial charge in [-0.15, -0.1) is 0 Å². The van der Waals surface area contributed by atoms with Crippen molar-refractivity contribution in [2.24, 2.45) is 0 Å². The van der Waals surface area contributed by atoms with E-state index in [0.29, 0.717) is 0 Å². The Bertz CT molecular complexity index is 123. The predicted octanol–water partition coefficient (Wildman–Crippen LogP) is 1.36.